The van der Waals surface area contributed by atoms with E-state index in [4.69, 9.17) is 5.11 Å². The Morgan fingerprint density at radius 2 is 1.90 bits per heavy atom. The van der Waals surface area contributed by atoms with Crippen LogP contribution in [-0.2, 0) is 6.61 Å². The van der Waals surface area contributed by atoms with Gasteiger partial charge in [0.25, 0.3) is 5.91 Å². The Labute approximate surface area is 122 Å². The van der Waals surface area contributed by atoms with Gasteiger partial charge in [-0.2, -0.15) is 0 Å². The second kappa shape index (κ2) is 6.54. The second-order valence-corrected chi connectivity index (χ2v) is 5.63. The van der Waals surface area contributed by atoms with Gasteiger partial charge < -0.3 is 10.0 Å². The number of carbonyl (C=O) groups is 1. The van der Waals surface area contributed by atoms with Crippen molar-refractivity contribution in [2.45, 2.75) is 16.4 Å². The third kappa shape index (κ3) is 3.59. The Morgan fingerprint density at radius 3 is 2.50 bits per heavy atom. The topological polar surface area (TPSA) is 53.4 Å². The monoisotopic (exact) mass is 288 g/mol. The molecule has 0 fully saturated rings. The van der Waals surface area contributed by atoms with Crippen LogP contribution in [0, 0.1) is 0 Å². The van der Waals surface area contributed by atoms with Crippen molar-refractivity contribution in [3.05, 3.63) is 53.9 Å². The van der Waals surface area contributed by atoms with Crippen LogP contribution in [0.5, 0.6) is 0 Å². The Hall–Kier alpha value is -1.85. The highest BCUT2D eigenvalue weighted by atomic mass is 32.2. The van der Waals surface area contributed by atoms with E-state index in [0.717, 1.165) is 15.4 Å². The number of nitrogens with zero attached hydrogens (tertiary/aromatic N) is 2. The van der Waals surface area contributed by atoms with Gasteiger partial charge in [0.15, 0.2) is 0 Å². The maximum absolute atomic E-state index is 11.9. The molecule has 0 bridgehead atoms. The normalized spacial score (nSPS) is 10.3. The summed E-state index contributed by atoms with van der Waals surface area (Å²) in [5.41, 5.74) is 1.32. The number of hydrogen-bond donors (Lipinski definition) is 1. The average Bonchev–Trinajstić information content (AvgIpc) is 2.47. The third-order valence-electron chi connectivity index (χ3n) is 2.70. The number of rotatable bonds is 4. The highest BCUT2D eigenvalue weighted by Crippen LogP contribution is 2.28. The van der Waals surface area contributed by atoms with Crippen LogP contribution in [0.25, 0.3) is 0 Å². The summed E-state index contributed by atoms with van der Waals surface area (Å²) >= 11 is 1.56. The summed E-state index contributed by atoms with van der Waals surface area (Å²) in [4.78, 5) is 19.5. The maximum atomic E-state index is 11.9. The first-order valence-corrected chi connectivity index (χ1v) is 6.97. The average molecular weight is 288 g/mol. The van der Waals surface area contributed by atoms with Gasteiger partial charge in [-0.15, -0.1) is 0 Å². The molecule has 0 aliphatic carbocycles. The molecule has 0 aliphatic rings. The van der Waals surface area contributed by atoms with E-state index in [0.29, 0.717) is 5.69 Å². The van der Waals surface area contributed by atoms with E-state index >= 15 is 0 Å². The fourth-order valence-corrected chi connectivity index (χ4v) is 2.46. The number of aromatic nitrogens is 1. The van der Waals surface area contributed by atoms with Crippen molar-refractivity contribution >= 4 is 17.7 Å². The second-order valence-electron chi connectivity index (χ2n) is 4.48. The molecule has 2 aromatic rings. The first kappa shape index (κ1) is 14.6. The van der Waals surface area contributed by atoms with E-state index in [1.165, 1.54) is 4.90 Å². The Balaban J connectivity index is 2.16. The highest BCUT2D eigenvalue weighted by Gasteiger charge is 2.10. The first-order valence-electron chi connectivity index (χ1n) is 6.15. The summed E-state index contributed by atoms with van der Waals surface area (Å²) in [5.74, 6) is -0.108. The number of aliphatic hydroxyl groups is 1. The number of amides is 1. The lowest BCUT2D eigenvalue weighted by Crippen LogP contribution is -2.22. The van der Waals surface area contributed by atoms with Gasteiger partial charge in [-0.05, 0) is 29.8 Å². The van der Waals surface area contributed by atoms with Gasteiger partial charge in [-0.3, -0.25) is 9.78 Å². The number of hydrogen-bond acceptors (Lipinski definition) is 4. The number of carbonyl (C=O) groups excluding carboxylic acids is 1. The molecule has 0 saturated heterocycles. The molecule has 4 nitrogen and oxygen atoms in total. The van der Waals surface area contributed by atoms with Crippen molar-refractivity contribution in [2.24, 2.45) is 0 Å². The number of pyridine rings is 1. The lowest BCUT2D eigenvalue weighted by Gasteiger charge is -2.10. The summed E-state index contributed by atoms with van der Waals surface area (Å²) in [6, 6.07) is 11.3. The fraction of sp³-hybridized carbons (Fsp3) is 0.200. The minimum atomic E-state index is -0.108. The van der Waals surface area contributed by atoms with Crippen LogP contribution in [-0.4, -0.2) is 35.0 Å². The minimum absolute atomic E-state index is 0.0433. The predicted molar refractivity (Wildman–Crippen MR) is 78.7 cm³/mol. The lowest BCUT2D eigenvalue weighted by atomic mass is 10.2. The first-order chi connectivity index (χ1) is 9.60. The van der Waals surface area contributed by atoms with Crippen LogP contribution in [0.4, 0.5) is 0 Å². The van der Waals surface area contributed by atoms with Gasteiger partial charge in [0.1, 0.15) is 5.69 Å². The SMILES string of the molecule is CN(C)C(=O)c1cc(Sc2ccc(CO)cc2)ccn1. The molecule has 5 heteroatoms. The third-order valence-corrected chi connectivity index (χ3v) is 3.70. The van der Waals surface area contributed by atoms with E-state index in [2.05, 4.69) is 4.98 Å². The van der Waals surface area contributed by atoms with Gasteiger partial charge in [0.2, 0.25) is 0 Å². The molecule has 0 unspecified atom stereocenters. The van der Waals surface area contributed by atoms with Gasteiger partial charge >= 0.3 is 0 Å². The van der Waals surface area contributed by atoms with Crippen molar-refractivity contribution in [1.82, 2.24) is 9.88 Å². The largest absolute Gasteiger partial charge is 0.392 e. The standard InChI is InChI=1S/C15H16N2O2S/c1-17(2)15(19)14-9-13(7-8-16-14)20-12-5-3-11(10-18)4-6-12/h3-9,18H,10H2,1-2H3. The molecule has 0 saturated carbocycles. The highest BCUT2D eigenvalue weighted by molar-refractivity contribution is 7.99. The van der Waals surface area contributed by atoms with Crippen LogP contribution in [0.15, 0.2) is 52.4 Å². The lowest BCUT2D eigenvalue weighted by molar-refractivity contribution is 0.0821. The molecule has 0 atom stereocenters. The summed E-state index contributed by atoms with van der Waals surface area (Å²) < 4.78 is 0. The summed E-state index contributed by atoms with van der Waals surface area (Å²) in [7, 11) is 3.41. The number of benzene rings is 1. The molecular weight excluding hydrogens is 272 g/mol. The van der Waals surface area contributed by atoms with E-state index in [1.807, 2.05) is 30.3 Å². The Morgan fingerprint density at radius 1 is 1.20 bits per heavy atom. The molecule has 1 aromatic heterocycles. The fourth-order valence-electron chi connectivity index (χ4n) is 1.62. The van der Waals surface area contributed by atoms with Crippen molar-refractivity contribution in [3.8, 4) is 0 Å². The van der Waals surface area contributed by atoms with Gasteiger partial charge in [0, 0.05) is 30.1 Å². The summed E-state index contributed by atoms with van der Waals surface area (Å²) in [5, 5.41) is 9.01. The molecule has 104 valence electrons. The van der Waals surface area contributed by atoms with Crippen LogP contribution >= 0.6 is 11.8 Å². The van der Waals surface area contributed by atoms with Crippen molar-refractivity contribution in [2.75, 3.05) is 14.1 Å². The quantitative estimate of drug-likeness (QED) is 0.939. The Kier molecular flexibility index (Phi) is 4.76. The zero-order valence-corrected chi connectivity index (χ0v) is 12.2. The minimum Gasteiger partial charge on any atom is -0.392 e. The molecule has 0 radical (unpaired) electrons. The molecule has 0 aliphatic heterocycles. The molecular formula is C15H16N2O2S. The smallest absolute Gasteiger partial charge is 0.271 e. The van der Waals surface area contributed by atoms with E-state index in [1.54, 1.807) is 38.1 Å². The predicted octanol–water partition coefficient (Wildman–Crippen LogP) is 2.43. The Bertz CT molecular complexity index is 597. The summed E-state index contributed by atoms with van der Waals surface area (Å²) in [6.07, 6.45) is 1.64. The molecule has 20 heavy (non-hydrogen) atoms. The van der Waals surface area contributed by atoms with Crippen LogP contribution in [0.2, 0.25) is 0 Å². The molecule has 2 rings (SSSR count). The zero-order valence-electron chi connectivity index (χ0n) is 11.4. The zero-order chi connectivity index (χ0) is 14.5. The maximum Gasteiger partial charge on any atom is 0.271 e. The van der Waals surface area contributed by atoms with Crippen LogP contribution < -0.4 is 0 Å². The van der Waals surface area contributed by atoms with Gasteiger partial charge in [0.05, 0.1) is 6.61 Å². The molecule has 1 N–H and O–H groups in total. The van der Waals surface area contributed by atoms with Crippen molar-refractivity contribution in [3.63, 3.8) is 0 Å². The molecule has 1 aromatic carbocycles. The van der Waals surface area contributed by atoms with Crippen LogP contribution in [0.1, 0.15) is 16.1 Å². The van der Waals surface area contributed by atoms with E-state index in [-0.39, 0.29) is 12.5 Å². The van der Waals surface area contributed by atoms with Crippen molar-refractivity contribution in [1.29, 1.82) is 0 Å². The van der Waals surface area contributed by atoms with E-state index in [9.17, 15) is 4.79 Å². The van der Waals surface area contributed by atoms with Gasteiger partial charge in [-0.1, -0.05) is 23.9 Å². The molecule has 1 amide bonds. The molecule has 1 heterocycles. The molecule has 0 spiro atoms. The van der Waals surface area contributed by atoms with Crippen molar-refractivity contribution < 1.29 is 9.90 Å². The van der Waals surface area contributed by atoms with Gasteiger partial charge in [-0.25, -0.2) is 0 Å². The number of aliphatic hydroxyl groups excluding tert-OH is 1. The summed E-state index contributed by atoms with van der Waals surface area (Å²) in [6.45, 7) is 0.0433. The van der Waals surface area contributed by atoms with E-state index < -0.39 is 0 Å². The van der Waals surface area contributed by atoms with Crippen LogP contribution in [0.3, 0.4) is 0 Å².